The third-order valence-corrected chi connectivity index (χ3v) is 4.49. The summed E-state index contributed by atoms with van der Waals surface area (Å²) in [7, 11) is 1.33. The molecule has 0 N–H and O–H groups in total. The molecule has 0 radical (unpaired) electrons. The van der Waals surface area contributed by atoms with E-state index >= 15 is 0 Å². The van der Waals surface area contributed by atoms with Gasteiger partial charge in [0.05, 0.1) is 30.2 Å². The van der Waals surface area contributed by atoms with Crippen molar-refractivity contribution >= 4 is 23.6 Å². The van der Waals surface area contributed by atoms with Gasteiger partial charge in [-0.25, -0.2) is 4.39 Å². The van der Waals surface area contributed by atoms with E-state index in [1.807, 2.05) is 6.92 Å². The van der Waals surface area contributed by atoms with Crippen LogP contribution < -0.4 is 4.74 Å². The minimum absolute atomic E-state index is 0.0454. The number of carbonyl (C=O) groups is 4. The molecule has 0 saturated heterocycles. The maximum absolute atomic E-state index is 13.4. The maximum atomic E-state index is 13.4. The third kappa shape index (κ3) is 4.16. The van der Waals surface area contributed by atoms with Crippen molar-refractivity contribution in [3.63, 3.8) is 0 Å². The molecule has 29 heavy (non-hydrogen) atoms. The number of ketones is 1. The van der Waals surface area contributed by atoms with Crippen LogP contribution in [-0.4, -0.2) is 48.7 Å². The molecule has 0 unspecified atom stereocenters. The van der Waals surface area contributed by atoms with Crippen LogP contribution in [0.4, 0.5) is 4.39 Å². The number of esters is 1. The molecule has 2 aromatic carbocycles. The topological polar surface area (TPSA) is 90.0 Å². The van der Waals surface area contributed by atoms with E-state index in [0.717, 1.165) is 22.6 Å². The summed E-state index contributed by atoms with van der Waals surface area (Å²) in [6.07, 6.45) is -0.266. The molecular formula is C21H18FNO6. The monoisotopic (exact) mass is 399 g/mol. The smallest absolute Gasteiger partial charge is 0.308 e. The molecule has 0 spiro atoms. The summed E-state index contributed by atoms with van der Waals surface area (Å²) in [5, 5.41) is 0. The van der Waals surface area contributed by atoms with Crippen LogP contribution in [0.5, 0.6) is 5.75 Å². The van der Waals surface area contributed by atoms with Gasteiger partial charge in [0.15, 0.2) is 6.61 Å². The van der Waals surface area contributed by atoms with Gasteiger partial charge in [0.2, 0.25) is 5.78 Å². The van der Waals surface area contributed by atoms with E-state index < -0.39 is 36.0 Å². The average molecular weight is 399 g/mol. The zero-order chi connectivity index (χ0) is 21.1. The van der Waals surface area contributed by atoms with E-state index in [9.17, 15) is 23.6 Å². The van der Waals surface area contributed by atoms with Crippen LogP contribution in [0.2, 0.25) is 0 Å². The average Bonchev–Trinajstić information content (AvgIpc) is 2.94. The Morgan fingerprint density at radius 2 is 1.76 bits per heavy atom. The number of amides is 2. The summed E-state index contributed by atoms with van der Waals surface area (Å²) >= 11 is 0. The van der Waals surface area contributed by atoms with Gasteiger partial charge in [-0.05, 0) is 37.3 Å². The van der Waals surface area contributed by atoms with Gasteiger partial charge in [0.1, 0.15) is 11.6 Å². The lowest BCUT2D eigenvalue weighted by Crippen LogP contribution is -2.32. The van der Waals surface area contributed by atoms with Crippen LogP contribution in [-0.2, 0) is 9.53 Å². The standard InChI is InChI=1S/C21H18FNO6/c1-12-3-5-14-15(9-12)21(27)23(20(14)26)8-7-19(25)29-11-17(24)16-10-13(22)4-6-18(16)28-2/h3-6,9-10H,7-8,11H2,1-2H3. The van der Waals surface area contributed by atoms with Gasteiger partial charge in [-0.3, -0.25) is 24.1 Å². The van der Waals surface area contributed by atoms with Crippen molar-refractivity contribution in [2.45, 2.75) is 13.3 Å². The molecule has 0 aliphatic carbocycles. The highest BCUT2D eigenvalue weighted by Crippen LogP contribution is 2.24. The normalized spacial score (nSPS) is 12.7. The summed E-state index contributed by atoms with van der Waals surface area (Å²) in [6, 6.07) is 8.37. The van der Waals surface area contributed by atoms with Gasteiger partial charge in [-0.15, -0.1) is 0 Å². The zero-order valence-electron chi connectivity index (χ0n) is 15.9. The van der Waals surface area contributed by atoms with Crippen molar-refractivity contribution in [2.75, 3.05) is 20.3 Å². The number of hydrogen-bond donors (Lipinski definition) is 0. The predicted molar refractivity (Wildman–Crippen MR) is 99.4 cm³/mol. The van der Waals surface area contributed by atoms with Gasteiger partial charge in [0.25, 0.3) is 11.8 Å². The van der Waals surface area contributed by atoms with Crippen molar-refractivity contribution < 1.29 is 33.0 Å². The number of ether oxygens (including phenoxy) is 2. The van der Waals surface area contributed by atoms with Gasteiger partial charge in [0, 0.05) is 6.54 Å². The maximum Gasteiger partial charge on any atom is 0.308 e. The second kappa shape index (κ2) is 8.22. The largest absolute Gasteiger partial charge is 0.496 e. The highest BCUT2D eigenvalue weighted by Gasteiger charge is 2.35. The number of carbonyl (C=O) groups excluding carboxylic acids is 4. The summed E-state index contributed by atoms with van der Waals surface area (Å²) in [6.45, 7) is 1.03. The highest BCUT2D eigenvalue weighted by molar-refractivity contribution is 6.21. The molecule has 0 saturated carbocycles. The Bertz CT molecular complexity index is 1020. The second-order valence-corrected chi connectivity index (χ2v) is 6.49. The lowest BCUT2D eigenvalue weighted by Gasteiger charge is -2.13. The quantitative estimate of drug-likeness (QED) is 0.404. The van der Waals surface area contributed by atoms with Crippen LogP contribution in [0.1, 0.15) is 43.1 Å². The first-order valence-electron chi connectivity index (χ1n) is 8.81. The number of hydrogen-bond acceptors (Lipinski definition) is 6. The summed E-state index contributed by atoms with van der Waals surface area (Å²) in [4.78, 5) is 49.8. The molecule has 7 nitrogen and oxygen atoms in total. The Hall–Kier alpha value is -3.55. The molecule has 1 aliphatic rings. The molecule has 2 aromatic rings. The fourth-order valence-electron chi connectivity index (χ4n) is 3.00. The molecule has 0 atom stereocenters. The van der Waals surface area contributed by atoms with Crippen molar-refractivity contribution in [1.82, 2.24) is 4.90 Å². The summed E-state index contributed by atoms with van der Waals surface area (Å²) in [5.41, 5.74) is 1.40. The fourth-order valence-corrected chi connectivity index (χ4v) is 3.00. The van der Waals surface area contributed by atoms with Crippen LogP contribution in [0, 0.1) is 12.7 Å². The van der Waals surface area contributed by atoms with Gasteiger partial charge >= 0.3 is 5.97 Å². The van der Waals surface area contributed by atoms with Crippen LogP contribution in [0.15, 0.2) is 36.4 Å². The first-order chi connectivity index (χ1) is 13.8. The van der Waals surface area contributed by atoms with Crippen molar-refractivity contribution in [1.29, 1.82) is 0 Å². The van der Waals surface area contributed by atoms with Gasteiger partial charge < -0.3 is 9.47 Å². The van der Waals surface area contributed by atoms with E-state index in [4.69, 9.17) is 9.47 Å². The van der Waals surface area contributed by atoms with E-state index in [1.54, 1.807) is 18.2 Å². The number of aryl methyl sites for hydroxylation is 1. The zero-order valence-corrected chi connectivity index (χ0v) is 15.9. The molecule has 2 amide bonds. The molecule has 1 aliphatic heterocycles. The van der Waals surface area contributed by atoms with Crippen molar-refractivity contribution in [2.24, 2.45) is 0 Å². The fraction of sp³-hybridized carbons (Fsp3) is 0.238. The molecular weight excluding hydrogens is 381 g/mol. The first-order valence-corrected chi connectivity index (χ1v) is 8.81. The first kappa shape index (κ1) is 20.2. The number of benzene rings is 2. The van der Waals surface area contributed by atoms with E-state index in [-0.39, 0.29) is 24.3 Å². The van der Waals surface area contributed by atoms with Crippen LogP contribution in [0.25, 0.3) is 0 Å². The van der Waals surface area contributed by atoms with Crippen LogP contribution >= 0.6 is 0 Å². The Kier molecular flexibility index (Phi) is 5.72. The SMILES string of the molecule is COc1ccc(F)cc1C(=O)COC(=O)CCN1C(=O)c2ccc(C)cc2C1=O. The molecule has 8 heteroatoms. The number of nitrogens with zero attached hydrogens (tertiary/aromatic N) is 1. The Morgan fingerprint density at radius 3 is 2.48 bits per heavy atom. The Morgan fingerprint density at radius 1 is 1.03 bits per heavy atom. The Labute approximate surface area is 166 Å². The minimum Gasteiger partial charge on any atom is -0.496 e. The van der Waals surface area contributed by atoms with Crippen molar-refractivity contribution in [3.05, 3.63) is 64.5 Å². The number of imide groups is 1. The number of methoxy groups -OCH3 is 1. The van der Waals surface area contributed by atoms with Gasteiger partial charge in [-0.1, -0.05) is 11.6 Å². The van der Waals surface area contributed by atoms with Gasteiger partial charge in [-0.2, -0.15) is 0 Å². The number of fused-ring (bicyclic) bond motifs is 1. The molecule has 1 heterocycles. The minimum atomic E-state index is -0.763. The molecule has 0 aromatic heterocycles. The number of halogens is 1. The lowest BCUT2D eigenvalue weighted by atomic mass is 10.1. The molecule has 3 rings (SSSR count). The van der Waals surface area contributed by atoms with E-state index in [2.05, 4.69) is 0 Å². The predicted octanol–water partition coefficient (Wildman–Crippen LogP) is 2.55. The Balaban J connectivity index is 1.56. The highest BCUT2D eigenvalue weighted by atomic mass is 19.1. The second-order valence-electron chi connectivity index (χ2n) is 6.49. The molecule has 0 fully saturated rings. The molecule has 150 valence electrons. The third-order valence-electron chi connectivity index (χ3n) is 4.49. The van der Waals surface area contributed by atoms with Crippen LogP contribution in [0.3, 0.4) is 0 Å². The number of rotatable bonds is 7. The summed E-state index contributed by atoms with van der Waals surface area (Å²) in [5.74, 6) is -2.80. The molecule has 0 bridgehead atoms. The number of Topliss-reactive ketones (excluding diaryl/α,β-unsaturated/α-hetero) is 1. The summed E-state index contributed by atoms with van der Waals surface area (Å²) < 4.78 is 23.3. The van der Waals surface area contributed by atoms with E-state index in [1.165, 1.54) is 13.2 Å². The van der Waals surface area contributed by atoms with E-state index in [0.29, 0.717) is 11.1 Å². The lowest BCUT2D eigenvalue weighted by molar-refractivity contribution is -0.142. The van der Waals surface area contributed by atoms with Crippen molar-refractivity contribution in [3.8, 4) is 5.75 Å².